The number of hydrogen-bond acceptors (Lipinski definition) is 3. The van der Waals surface area contributed by atoms with E-state index in [0.717, 1.165) is 55.6 Å². The molecule has 0 N–H and O–H groups in total. The van der Waals surface area contributed by atoms with Crippen molar-refractivity contribution in [1.82, 2.24) is 15.0 Å². The quantitative estimate of drug-likeness (QED) is 0.160. The summed E-state index contributed by atoms with van der Waals surface area (Å²) >= 11 is 0. The van der Waals surface area contributed by atoms with E-state index in [1.165, 1.54) is 38.8 Å². The van der Waals surface area contributed by atoms with Gasteiger partial charge in [0.25, 0.3) is 0 Å². The van der Waals surface area contributed by atoms with E-state index in [1.54, 1.807) is 0 Å². The highest BCUT2D eigenvalue weighted by Crippen LogP contribution is 2.57. The molecule has 1 aliphatic rings. The van der Waals surface area contributed by atoms with Crippen molar-refractivity contribution in [3.05, 3.63) is 235 Å². The molecule has 0 fully saturated rings. The van der Waals surface area contributed by atoms with E-state index in [4.69, 9.17) is 15.0 Å². The Morgan fingerprint density at radius 2 is 0.877 bits per heavy atom. The Morgan fingerprint density at radius 1 is 0.316 bits per heavy atom. The van der Waals surface area contributed by atoms with Gasteiger partial charge in [-0.2, -0.15) is 0 Å². The molecule has 2 aromatic heterocycles. The van der Waals surface area contributed by atoms with Gasteiger partial charge < -0.3 is 0 Å². The van der Waals surface area contributed by atoms with Gasteiger partial charge in [0, 0.05) is 33.0 Å². The van der Waals surface area contributed by atoms with E-state index in [0.29, 0.717) is 5.82 Å². The Labute approximate surface area is 331 Å². The molecule has 10 aromatic rings. The highest BCUT2D eigenvalue weighted by molar-refractivity contribution is 6.13. The van der Waals surface area contributed by atoms with Gasteiger partial charge in [0.05, 0.1) is 28.0 Å². The fourth-order valence-corrected chi connectivity index (χ4v) is 9.00. The van der Waals surface area contributed by atoms with Crippen molar-refractivity contribution in [2.24, 2.45) is 0 Å². The summed E-state index contributed by atoms with van der Waals surface area (Å²) in [7, 11) is 0. The Kier molecular flexibility index (Phi) is 7.71. The van der Waals surface area contributed by atoms with Gasteiger partial charge in [0.15, 0.2) is 5.82 Å². The third kappa shape index (κ3) is 5.32. The van der Waals surface area contributed by atoms with Crippen LogP contribution in [0.15, 0.2) is 212 Å². The molecule has 57 heavy (non-hydrogen) atoms. The number of pyridine rings is 1. The lowest BCUT2D eigenvalue weighted by Crippen LogP contribution is -2.28. The van der Waals surface area contributed by atoms with Crippen LogP contribution in [0.5, 0.6) is 0 Å². The number of rotatable bonds is 6. The zero-order chi connectivity index (χ0) is 37.8. The third-order valence-electron chi connectivity index (χ3n) is 11.5. The molecule has 266 valence electrons. The molecular weight excluding hydrogens is 691 g/mol. The summed E-state index contributed by atoms with van der Waals surface area (Å²) < 4.78 is 0. The molecule has 0 saturated heterocycles. The monoisotopic (exact) mass is 725 g/mol. The summed E-state index contributed by atoms with van der Waals surface area (Å²) in [6.45, 7) is 0. The summed E-state index contributed by atoms with van der Waals surface area (Å²) in [5.41, 5.74) is 14.8. The van der Waals surface area contributed by atoms with Crippen LogP contribution in [0.4, 0.5) is 0 Å². The van der Waals surface area contributed by atoms with Crippen LogP contribution >= 0.6 is 0 Å². The first kappa shape index (κ1) is 32.9. The normalized spacial score (nSPS) is 12.7. The van der Waals surface area contributed by atoms with Crippen molar-refractivity contribution >= 4 is 21.7 Å². The van der Waals surface area contributed by atoms with Crippen molar-refractivity contribution in [3.8, 4) is 56.3 Å². The maximum atomic E-state index is 5.47. The fourth-order valence-electron chi connectivity index (χ4n) is 9.00. The summed E-state index contributed by atoms with van der Waals surface area (Å²) in [5.74, 6) is 0.694. The molecule has 11 rings (SSSR count). The molecule has 0 unspecified atom stereocenters. The molecule has 0 saturated carbocycles. The predicted octanol–water partition coefficient (Wildman–Crippen LogP) is 13.2. The zero-order valence-corrected chi connectivity index (χ0v) is 31.0. The van der Waals surface area contributed by atoms with Crippen LogP contribution in [-0.4, -0.2) is 15.0 Å². The van der Waals surface area contributed by atoms with Crippen LogP contribution in [-0.2, 0) is 5.41 Å². The van der Waals surface area contributed by atoms with Gasteiger partial charge in [-0.05, 0) is 69.1 Å². The molecule has 0 aliphatic heterocycles. The van der Waals surface area contributed by atoms with Crippen LogP contribution in [0, 0.1) is 0 Å². The van der Waals surface area contributed by atoms with Crippen LogP contribution in [0.25, 0.3) is 78.0 Å². The first-order valence-corrected chi connectivity index (χ1v) is 19.4. The van der Waals surface area contributed by atoms with Crippen molar-refractivity contribution < 1.29 is 0 Å². The number of benzene rings is 8. The van der Waals surface area contributed by atoms with Gasteiger partial charge in [-0.25, -0.2) is 15.0 Å². The number of aromatic nitrogens is 3. The molecule has 3 nitrogen and oxygen atoms in total. The summed E-state index contributed by atoms with van der Waals surface area (Å²) in [4.78, 5) is 15.7. The standard InChI is InChI=1S/C54H35N3/c1-5-18-36(19-6-1)50-35-51(57-53(56-50)37-20-7-2-8-21-37)38-22-17-23-39(32-38)52-46-34-48-45(33-44(46)43-29-14-16-31-49(43)55-52)42-28-13-15-30-47(42)54(48,40-24-9-3-10-25-40)41-26-11-4-12-27-41/h1-35H. The first-order valence-electron chi connectivity index (χ1n) is 19.4. The minimum absolute atomic E-state index is 0.518. The molecule has 3 heteroatoms. The van der Waals surface area contributed by atoms with Crippen molar-refractivity contribution in [3.63, 3.8) is 0 Å². The van der Waals surface area contributed by atoms with E-state index < -0.39 is 5.41 Å². The molecule has 0 atom stereocenters. The van der Waals surface area contributed by atoms with Gasteiger partial charge in [-0.3, -0.25) is 0 Å². The largest absolute Gasteiger partial charge is 0.247 e. The second kappa shape index (κ2) is 13.4. The van der Waals surface area contributed by atoms with Gasteiger partial charge in [-0.1, -0.05) is 182 Å². The molecule has 0 radical (unpaired) electrons. The van der Waals surface area contributed by atoms with E-state index >= 15 is 0 Å². The Bertz CT molecular complexity index is 3010. The zero-order valence-electron chi connectivity index (χ0n) is 31.0. The number of fused-ring (bicyclic) bond motifs is 6. The van der Waals surface area contributed by atoms with E-state index in [1.807, 2.05) is 24.3 Å². The van der Waals surface area contributed by atoms with Gasteiger partial charge in [0.2, 0.25) is 0 Å². The molecule has 8 aromatic carbocycles. The van der Waals surface area contributed by atoms with Crippen LogP contribution in [0.1, 0.15) is 22.3 Å². The van der Waals surface area contributed by atoms with Crippen LogP contribution in [0.3, 0.4) is 0 Å². The van der Waals surface area contributed by atoms with Crippen LogP contribution < -0.4 is 0 Å². The maximum absolute atomic E-state index is 5.47. The topological polar surface area (TPSA) is 38.7 Å². The minimum atomic E-state index is -0.518. The molecule has 1 aliphatic carbocycles. The number of hydrogen-bond donors (Lipinski definition) is 0. The van der Waals surface area contributed by atoms with Gasteiger partial charge >= 0.3 is 0 Å². The van der Waals surface area contributed by atoms with E-state index in [9.17, 15) is 0 Å². The smallest absolute Gasteiger partial charge is 0.160 e. The van der Waals surface area contributed by atoms with Crippen LogP contribution in [0.2, 0.25) is 0 Å². The van der Waals surface area contributed by atoms with Crippen molar-refractivity contribution in [2.45, 2.75) is 5.41 Å². The minimum Gasteiger partial charge on any atom is -0.247 e. The van der Waals surface area contributed by atoms with Crippen molar-refractivity contribution in [2.75, 3.05) is 0 Å². The SMILES string of the molecule is c1ccc(-c2cc(-c3cccc(-c4nc5ccccc5c5cc6c(cc45)C(c4ccccc4)(c4ccccc4)c4ccccc4-6)c3)nc(-c3ccccc3)n2)cc1. The lowest BCUT2D eigenvalue weighted by Gasteiger charge is -2.34. The average molecular weight is 726 g/mol. The molecule has 2 heterocycles. The maximum Gasteiger partial charge on any atom is 0.160 e. The Hall–Kier alpha value is -7.49. The highest BCUT2D eigenvalue weighted by Gasteiger charge is 2.46. The molecule has 0 spiro atoms. The summed E-state index contributed by atoms with van der Waals surface area (Å²) in [6.07, 6.45) is 0. The number of nitrogens with zero attached hydrogens (tertiary/aromatic N) is 3. The van der Waals surface area contributed by atoms with E-state index in [2.05, 4.69) is 188 Å². The lowest BCUT2D eigenvalue weighted by atomic mass is 9.67. The predicted molar refractivity (Wildman–Crippen MR) is 234 cm³/mol. The molecule has 0 bridgehead atoms. The highest BCUT2D eigenvalue weighted by atomic mass is 14.9. The second-order valence-electron chi connectivity index (χ2n) is 14.7. The Morgan fingerprint density at radius 3 is 1.60 bits per heavy atom. The first-order chi connectivity index (χ1) is 28.3. The lowest BCUT2D eigenvalue weighted by molar-refractivity contribution is 0.769. The number of para-hydroxylation sites is 1. The average Bonchev–Trinajstić information content (AvgIpc) is 3.59. The summed E-state index contributed by atoms with van der Waals surface area (Å²) in [5, 5.41) is 3.44. The third-order valence-corrected chi connectivity index (χ3v) is 11.5. The molecule has 0 amide bonds. The van der Waals surface area contributed by atoms with Gasteiger partial charge in [0.1, 0.15) is 0 Å². The summed E-state index contributed by atoms with van der Waals surface area (Å²) in [6, 6.07) is 75.7. The van der Waals surface area contributed by atoms with Gasteiger partial charge in [-0.15, -0.1) is 0 Å². The molecular formula is C54H35N3. The van der Waals surface area contributed by atoms with E-state index in [-0.39, 0.29) is 0 Å². The fraction of sp³-hybridized carbons (Fsp3) is 0.0185. The Balaban J connectivity index is 1.18. The van der Waals surface area contributed by atoms with Crippen molar-refractivity contribution in [1.29, 1.82) is 0 Å². The second-order valence-corrected chi connectivity index (χ2v) is 14.7.